The second kappa shape index (κ2) is 11.5. The maximum atomic E-state index is 12.7. The highest BCUT2D eigenvalue weighted by Gasteiger charge is 2.55. The number of carbonyl (C=O) groups is 2. The van der Waals surface area contributed by atoms with E-state index >= 15 is 0 Å². The van der Waals surface area contributed by atoms with Crippen LogP contribution in [0.3, 0.4) is 0 Å². The zero-order chi connectivity index (χ0) is 31.8. The molecule has 0 aliphatic heterocycles. The van der Waals surface area contributed by atoms with Crippen molar-refractivity contribution in [3.63, 3.8) is 0 Å². The molecule has 6 aliphatic rings. The van der Waals surface area contributed by atoms with Crippen LogP contribution in [-0.4, -0.2) is 34.4 Å². The fourth-order valence-corrected chi connectivity index (χ4v) is 11.8. The number of benzene rings is 2. The van der Waals surface area contributed by atoms with Gasteiger partial charge in [-0.1, -0.05) is 26.0 Å². The molecular weight excluding hydrogens is 576 g/mol. The maximum Gasteiger partial charge on any atom is 0.311 e. The molecule has 0 unspecified atom stereocenters. The molecule has 0 spiro atoms. The van der Waals surface area contributed by atoms with E-state index in [2.05, 4.69) is 26.0 Å². The third-order valence-electron chi connectivity index (χ3n) is 14.3. The number of aryl methyl sites for hydroxylation is 2. The van der Waals surface area contributed by atoms with E-state index in [1.165, 1.54) is 22.3 Å². The number of aliphatic hydroxyl groups excluding tert-OH is 2. The molecule has 4 saturated carbocycles. The highest BCUT2D eigenvalue weighted by atomic mass is 16.5. The molecule has 10 atom stereocenters. The molecule has 0 bridgehead atoms. The van der Waals surface area contributed by atoms with E-state index in [-0.39, 0.29) is 35.9 Å². The number of carbonyl (C=O) groups excluding carboxylic acids is 2. The van der Waals surface area contributed by atoms with Gasteiger partial charge in [0.1, 0.15) is 11.5 Å². The van der Waals surface area contributed by atoms with Crippen molar-refractivity contribution in [3.8, 4) is 11.5 Å². The Bertz CT molecular complexity index is 1420. The molecule has 2 N–H and O–H groups in total. The number of hydrogen-bond acceptors (Lipinski definition) is 6. The predicted octanol–water partition coefficient (Wildman–Crippen LogP) is 7.41. The van der Waals surface area contributed by atoms with Crippen LogP contribution in [0.25, 0.3) is 0 Å². The zero-order valence-corrected chi connectivity index (χ0v) is 27.5. The molecule has 2 aromatic rings. The van der Waals surface area contributed by atoms with Crippen LogP contribution >= 0.6 is 0 Å². The van der Waals surface area contributed by atoms with Crippen LogP contribution < -0.4 is 9.47 Å². The predicted molar refractivity (Wildman–Crippen MR) is 175 cm³/mol. The van der Waals surface area contributed by atoms with Gasteiger partial charge in [0.2, 0.25) is 0 Å². The van der Waals surface area contributed by atoms with Gasteiger partial charge in [-0.15, -0.1) is 0 Å². The molecule has 2 aromatic carbocycles. The van der Waals surface area contributed by atoms with Gasteiger partial charge in [-0.2, -0.15) is 0 Å². The van der Waals surface area contributed by atoms with E-state index in [1.54, 1.807) is 0 Å². The normalized spacial score (nSPS) is 38.8. The average Bonchev–Trinajstić information content (AvgIpc) is 3.53. The lowest BCUT2D eigenvalue weighted by atomic mass is 9.55. The average molecular weight is 627 g/mol. The van der Waals surface area contributed by atoms with Gasteiger partial charge >= 0.3 is 11.9 Å². The minimum absolute atomic E-state index is 0.0239. The first-order valence-corrected chi connectivity index (χ1v) is 18.2. The summed E-state index contributed by atoms with van der Waals surface area (Å²) in [6, 6.07) is 12.2. The van der Waals surface area contributed by atoms with E-state index in [9.17, 15) is 19.8 Å². The van der Waals surface area contributed by atoms with Gasteiger partial charge in [0.05, 0.1) is 25.0 Å². The van der Waals surface area contributed by atoms with Crippen LogP contribution in [0.15, 0.2) is 36.4 Å². The summed E-state index contributed by atoms with van der Waals surface area (Å²) in [6.45, 7) is 4.60. The summed E-state index contributed by atoms with van der Waals surface area (Å²) < 4.78 is 11.4. The van der Waals surface area contributed by atoms with E-state index in [0.29, 0.717) is 47.0 Å². The molecule has 6 nitrogen and oxygen atoms in total. The SMILES string of the molecule is C[C@]12CC[C@@H]3c4ccc(OC(=O)CCC(=O)Oc5ccc6c(c5)CC[C@@H]5[C@@H]6CC[C@]6(C)[C@@H](O)CC[C@@H]56)cc4CC[C@H]3[C@@H]1CC[C@@H]2O. The number of rotatable bonds is 5. The summed E-state index contributed by atoms with van der Waals surface area (Å²) in [5, 5.41) is 21.3. The van der Waals surface area contributed by atoms with E-state index < -0.39 is 11.9 Å². The van der Waals surface area contributed by atoms with Crippen molar-refractivity contribution in [3.05, 3.63) is 58.7 Å². The van der Waals surface area contributed by atoms with Gasteiger partial charge in [-0.3, -0.25) is 9.59 Å². The Kier molecular flexibility index (Phi) is 7.64. The van der Waals surface area contributed by atoms with Crippen LogP contribution in [0, 0.1) is 34.5 Å². The van der Waals surface area contributed by atoms with Crippen molar-refractivity contribution in [1.29, 1.82) is 0 Å². The number of fused-ring (bicyclic) bond motifs is 10. The first-order chi connectivity index (χ1) is 22.1. The van der Waals surface area contributed by atoms with Crippen LogP contribution in [0.5, 0.6) is 11.5 Å². The minimum atomic E-state index is -0.420. The second-order valence-electron chi connectivity index (χ2n) is 16.3. The lowest BCUT2D eigenvalue weighted by Crippen LogP contribution is -2.43. The summed E-state index contributed by atoms with van der Waals surface area (Å²) in [7, 11) is 0. The molecule has 0 saturated heterocycles. The highest BCUT2D eigenvalue weighted by molar-refractivity contribution is 5.80. The Balaban J connectivity index is 0.848. The van der Waals surface area contributed by atoms with E-state index in [4.69, 9.17) is 9.47 Å². The summed E-state index contributed by atoms with van der Waals surface area (Å²) in [6.07, 6.45) is 12.3. The largest absolute Gasteiger partial charge is 0.427 e. The van der Waals surface area contributed by atoms with E-state index in [1.807, 2.05) is 24.3 Å². The standard InChI is InChI=1S/C40H50O6/c1-39-19-17-29-27-9-5-25(21-23(27)3-7-31(29)33(39)11-13-35(39)41)45-37(43)15-16-38(44)46-26-6-10-28-24(22-26)4-8-32-30(28)18-20-40(2)34(32)12-14-36(40)42/h5-6,9-10,21-22,29-36,41-42H,3-4,7-8,11-20H2,1-2H3/t29-,30-,31-,32-,33+,34+,35+,36+,39+,40+/m1/s1. The third-order valence-corrected chi connectivity index (χ3v) is 14.3. The highest BCUT2D eigenvalue weighted by Crippen LogP contribution is 2.62. The molecule has 6 heteroatoms. The molecule has 6 aliphatic carbocycles. The Morgan fingerprint density at radius 1 is 0.652 bits per heavy atom. The molecule has 0 heterocycles. The molecule has 8 rings (SSSR count). The Morgan fingerprint density at radius 3 is 1.52 bits per heavy atom. The second-order valence-corrected chi connectivity index (χ2v) is 16.3. The van der Waals surface area contributed by atoms with Gasteiger partial charge < -0.3 is 19.7 Å². The molecule has 46 heavy (non-hydrogen) atoms. The van der Waals surface area contributed by atoms with Crippen molar-refractivity contribution in [2.45, 2.75) is 128 Å². The summed E-state index contributed by atoms with van der Waals surface area (Å²) in [4.78, 5) is 25.5. The van der Waals surface area contributed by atoms with Gasteiger partial charge in [0, 0.05) is 0 Å². The van der Waals surface area contributed by atoms with Crippen molar-refractivity contribution in [2.24, 2.45) is 34.5 Å². The fourth-order valence-electron chi connectivity index (χ4n) is 11.8. The Hall–Kier alpha value is -2.70. The maximum absolute atomic E-state index is 12.7. The van der Waals surface area contributed by atoms with Crippen molar-refractivity contribution in [1.82, 2.24) is 0 Å². The van der Waals surface area contributed by atoms with Gasteiger partial charge in [-0.05, 0) is 170 Å². The smallest absolute Gasteiger partial charge is 0.311 e. The van der Waals surface area contributed by atoms with Crippen molar-refractivity contribution in [2.75, 3.05) is 0 Å². The lowest BCUT2D eigenvalue weighted by molar-refractivity contribution is -0.140. The van der Waals surface area contributed by atoms with Crippen molar-refractivity contribution >= 4 is 11.9 Å². The van der Waals surface area contributed by atoms with Crippen LogP contribution in [0.1, 0.15) is 125 Å². The molecular formula is C40H50O6. The van der Waals surface area contributed by atoms with Gasteiger partial charge in [-0.25, -0.2) is 0 Å². The van der Waals surface area contributed by atoms with Gasteiger partial charge in [0.15, 0.2) is 0 Å². The molecule has 0 aromatic heterocycles. The van der Waals surface area contributed by atoms with Crippen molar-refractivity contribution < 1.29 is 29.3 Å². The number of esters is 2. The molecule has 4 fully saturated rings. The Labute approximate surface area is 273 Å². The number of hydrogen-bond donors (Lipinski definition) is 2. The lowest BCUT2D eigenvalue weighted by Gasteiger charge is -2.50. The van der Waals surface area contributed by atoms with Gasteiger partial charge in [0.25, 0.3) is 0 Å². The number of aliphatic hydroxyl groups is 2. The molecule has 246 valence electrons. The minimum Gasteiger partial charge on any atom is -0.427 e. The van der Waals surface area contributed by atoms with Crippen LogP contribution in [-0.2, 0) is 22.4 Å². The van der Waals surface area contributed by atoms with Crippen LogP contribution in [0.2, 0.25) is 0 Å². The summed E-state index contributed by atoms with van der Waals surface area (Å²) >= 11 is 0. The molecule has 0 amide bonds. The van der Waals surface area contributed by atoms with Crippen LogP contribution in [0.4, 0.5) is 0 Å². The number of ether oxygens (including phenoxy) is 2. The monoisotopic (exact) mass is 626 g/mol. The first kappa shape index (κ1) is 30.6. The fraction of sp³-hybridized carbons (Fsp3) is 0.650. The first-order valence-electron chi connectivity index (χ1n) is 18.2. The third kappa shape index (κ3) is 4.96. The summed E-state index contributed by atoms with van der Waals surface area (Å²) in [5.74, 6) is 3.75. The topological polar surface area (TPSA) is 93.1 Å². The Morgan fingerprint density at radius 2 is 1.09 bits per heavy atom. The van der Waals surface area contributed by atoms with E-state index in [0.717, 1.165) is 77.0 Å². The summed E-state index contributed by atoms with van der Waals surface area (Å²) in [5.41, 5.74) is 5.46. The quantitative estimate of drug-likeness (QED) is 0.265. The zero-order valence-electron chi connectivity index (χ0n) is 27.5. The molecule has 0 radical (unpaired) electrons.